The molecule has 5 heteroatoms. The van der Waals surface area contributed by atoms with Gasteiger partial charge in [0.05, 0.1) is 0 Å². The fourth-order valence-corrected chi connectivity index (χ4v) is 1.99. The lowest BCUT2D eigenvalue weighted by Gasteiger charge is -2.12. The Morgan fingerprint density at radius 2 is 1.80 bits per heavy atom. The van der Waals surface area contributed by atoms with Crippen molar-refractivity contribution in [3.63, 3.8) is 0 Å². The van der Waals surface area contributed by atoms with E-state index in [1.54, 1.807) is 6.08 Å². The predicted octanol–water partition coefficient (Wildman–Crippen LogP) is 3.02. The zero-order chi connectivity index (χ0) is 14.5. The smallest absolute Gasteiger partial charge is 0.159 e. The minimum absolute atomic E-state index is 0.494. The maximum absolute atomic E-state index is 6.06. The Bertz CT molecular complexity index is 601. The van der Waals surface area contributed by atoms with Crippen LogP contribution in [0.25, 0.3) is 0 Å². The van der Waals surface area contributed by atoms with E-state index in [4.69, 9.17) is 5.73 Å². The molecule has 0 aliphatic rings. The molecule has 0 aliphatic carbocycles. The van der Waals surface area contributed by atoms with Gasteiger partial charge in [0.1, 0.15) is 12.0 Å². The highest BCUT2D eigenvalue weighted by Gasteiger charge is 2.07. The number of aromatic nitrogens is 2. The molecule has 2 rings (SSSR count). The molecule has 0 amide bonds. The molecular formula is C15H19N5. The molecule has 1 heterocycles. The standard InChI is InChI=1S/C15H19N5/c1-4-5-17-14-13(16)15(19-9-18-14)20-12-7-10(2)6-11(3)8-12/h4,6-9H,1,5,16H2,2-3H3,(H2,17,18,19,20). The molecule has 0 fully saturated rings. The van der Waals surface area contributed by atoms with Gasteiger partial charge in [0.15, 0.2) is 11.6 Å². The summed E-state index contributed by atoms with van der Waals surface area (Å²) in [5.74, 6) is 1.20. The summed E-state index contributed by atoms with van der Waals surface area (Å²) in [5.41, 5.74) is 9.89. The van der Waals surface area contributed by atoms with Crippen LogP contribution in [0.5, 0.6) is 0 Å². The Morgan fingerprint density at radius 1 is 1.15 bits per heavy atom. The van der Waals surface area contributed by atoms with Crippen molar-refractivity contribution in [3.05, 3.63) is 48.3 Å². The first-order valence-corrected chi connectivity index (χ1v) is 6.40. The van der Waals surface area contributed by atoms with Crippen molar-refractivity contribution < 1.29 is 0 Å². The van der Waals surface area contributed by atoms with Gasteiger partial charge < -0.3 is 16.4 Å². The third-order valence-electron chi connectivity index (χ3n) is 2.78. The predicted molar refractivity (Wildman–Crippen MR) is 84.3 cm³/mol. The summed E-state index contributed by atoms with van der Waals surface area (Å²) < 4.78 is 0. The molecule has 5 nitrogen and oxygen atoms in total. The Morgan fingerprint density at radius 3 is 2.45 bits per heavy atom. The molecule has 0 aliphatic heterocycles. The summed E-state index contributed by atoms with van der Waals surface area (Å²) in [7, 11) is 0. The summed E-state index contributed by atoms with van der Waals surface area (Å²) in [6.07, 6.45) is 3.23. The number of rotatable bonds is 5. The van der Waals surface area contributed by atoms with Gasteiger partial charge in [-0.05, 0) is 37.1 Å². The van der Waals surface area contributed by atoms with Crippen LogP contribution >= 0.6 is 0 Å². The molecule has 20 heavy (non-hydrogen) atoms. The molecule has 0 saturated heterocycles. The summed E-state index contributed by atoms with van der Waals surface area (Å²) in [4.78, 5) is 8.31. The van der Waals surface area contributed by atoms with Crippen molar-refractivity contribution >= 4 is 23.0 Å². The summed E-state index contributed by atoms with van der Waals surface area (Å²) in [5, 5.41) is 6.31. The van der Waals surface area contributed by atoms with Crippen molar-refractivity contribution in [3.8, 4) is 0 Å². The average molecular weight is 269 g/mol. The zero-order valence-corrected chi connectivity index (χ0v) is 11.8. The first kappa shape index (κ1) is 13.9. The van der Waals surface area contributed by atoms with Crippen LogP contribution in [0, 0.1) is 13.8 Å². The third-order valence-corrected chi connectivity index (χ3v) is 2.78. The molecule has 2 aromatic rings. The minimum Gasteiger partial charge on any atom is -0.393 e. The van der Waals surface area contributed by atoms with E-state index in [1.807, 2.05) is 12.1 Å². The second-order valence-electron chi connectivity index (χ2n) is 4.66. The Balaban J connectivity index is 2.26. The van der Waals surface area contributed by atoms with Gasteiger partial charge in [0.25, 0.3) is 0 Å². The largest absolute Gasteiger partial charge is 0.393 e. The van der Waals surface area contributed by atoms with E-state index in [1.165, 1.54) is 17.5 Å². The van der Waals surface area contributed by atoms with E-state index in [9.17, 15) is 0 Å². The molecule has 0 radical (unpaired) electrons. The van der Waals surface area contributed by atoms with Gasteiger partial charge in [-0.1, -0.05) is 12.1 Å². The van der Waals surface area contributed by atoms with E-state index < -0.39 is 0 Å². The van der Waals surface area contributed by atoms with Crippen LogP contribution in [0.15, 0.2) is 37.2 Å². The van der Waals surface area contributed by atoms with Gasteiger partial charge in [-0.25, -0.2) is 9.97 Å². The molecular weight excluding hydrogens is 250 g/mol. The molecule has 1 aromatic heterocycles. The lowest BCUT2D eigenvalue weighted by Crippen LogP contribution is -2.08. The second-order valence-corrected chi connectivity index (χ2v) is 4.66. The summed E-state index contributed by atoms with van der Waals surface area (Å²) in [6, 6.07) is 6.21. The van der Waals surface area contributed by atoms with Crippen molar-refractivity contribution in [2.75, 3.05) is 22.9 Å². The number of nitrogens with two attached hydrogens (primary N) is 1. The van der Waals surface area contributed by atoms with Crippen LogP contribution < -0.4 is 16.4 Å². The lowest BCUT2D eigenvalue weighted by molar-refractivity contribution is 1.14. The first-order chi connectivity index (χ1) is 9.60. The van der Waals surface area contributed by atoms with Gasteiger partial charge in [-0.2, -0.15) is 0 Å². The topological polar surface area (TPSA) is 75.9 Å². The molecule has 1 aromatic carbocycles. The van der Waals surface area contributed by atoms with Crippen molar-refractivity contribution in [1.82, 2.24) is 9.97 Å². The van der Waals surface area contributed by atoms with E-state index in [-0.39, 0.29) is 0 Å². The van der Waals surface area contributed by atoms with Crippen LogP contribution in [-0.4, -0.2) is 16.5 Å². The van der Waals surface area contributed by atoms with E-state index in [0.717, 1.165) is 5.69 Å². The number of aryl methyl sites for hydroxylation is 2. The summed E-state index contributed by atoms with van der Waals surface area (Å²) >= 11 is 0. The number of hydrogen-bond donors (Lipinski definition) is 3. The van der Waals surface area contributed by atoms with Crippen LogP contribution in [-0.2, 0) is 0 Å². The number of nitrogen functional groups attached to an aromatic ring is 1. The Labute approximate surface area is 119 Å². The highest BCUT2D eigenvalue weighted by molar-refractivity contribution is 5.77. The monoisotopic (exact) mass is 269 g/mol. The van der Waals surface area contributed by atoms with Crippen LogP contribution in [0.1, 0.15) is 11.1 Å². The van der Waals surface area contributed by atoms with Gasteiger partial charge in [-0.3, -0.25) is 0 Å². The maximum Gasteiger partial charge on any atom is 0.159 e. The van der Waals surface area contributed by atoms with Crippen molar-refractivity contribution in [2.45, 2.75) is 13.8 Å². The van der Waals surface area contributed by atoms with E-state index in [2.05, 4.69) is 47.1 Å². The number of anilines is 4. The summed E-state index contributed by atoms with van der Waals surface area (Å²) in [6.45, 7) is 8.36. The van der Waals surface area contributed by atoms with Crippen molar-refractivity contribution in [1.29, 1.82) is 0 Å². The molecule has 104 valence electrons. The minimum atomic E-state index is 0.494. The molecule has 0 unspecified atom stereocenters. The van der Waals surface area contributed by atoms with E-state index >= 15 is 0 Å². The number of benzene rings is 1. The van der Waals surface area contributed by atoms with Crippen LogP contribution in [0.3, 0.4) is 0 Å². The first-order valence-electron chi connectivity index (χ1n) is 6.40. The SMILES string of the molecule is C=CCNc1ncnc(Nc2cc(C)cc(C)c2)c1N. The second kappa shape index (κ2) is 6.06. The number of hydrogen-bond acceptors (Lipinski definition) is 5. The fourth-order valence-electron chi connectivity index (χ4n) is 1.99. The number of nitrogens with zero attached hydrogens (tertiary/aromatic N) is 2. The molecule has 4 N–H and O–H groups in total. The fraction of sp³-hybridized carbons (Fsp3) is 0.200. The molecule has 0 bridgehead atoms. The Hall–Kier alpha value is -2.56. The van der Waals surface area contributed by atoms with Crippen LogP contribution in [0.4, 0.5) is 23.0 Å². The highest BCUT2D eigenvalue weighted by Crippen LogP contribution is 2.26. The van der Waals surface area contributed by atoms with Crippen molar-refractivity contribution in [2.24, 2.45) is 0 Å². The maximum atomic E-state index is 6.06. The van der Waals surface area contributed by atoms with Crippen LogP contribution in [0.2, 0.25) is 0 Å². The molecule has 0 atom stereocenters. The highest BCUT2D eigenvalue weighted by atomic mass is 15.1. The molecule has 0 saturated carbocycles. The lowest BCUT2D eigenvalue weighted by atomic mass is 10.1. The van der Waals surface area contributed by atoms with Gasteiger partial charge in [-0.15, -0.1) is 6.58 Å². The average Bonchev–Trinajstić information content (AvgIpc) is 2.38. The van der Waals surface area contributed by atoms with Gasteiger partial charge >= 0.3 is 0 Å². The molecule has 0 spiro atoms. The third kappa shape index (κ3) is 3.26. The number of nitrogens with one attached hydrogen (secondary N) is 2. The quantitative estimate of drug-likeness (QED) is 0.727. The van der Waals surface area contributed by atoms with Gasteiger partial charge in [0.2, 0.25) is 0 Å². The van der Waals surface area contributed by atoms with E-state index in [0.29, 0.717) is 23.9 Å². The Kier molecular flexibility index (Phi) is 4.20. The normalized spacial score (nSPS) is 10.1. The van der Waals surface area contributed by atoms with Gasteiger partial charge in [0, 0.05) is 12.2 Å². The zero-order valence-electron chi connectivity index (χ0n) is 11.8.